The number of benzene rings is 1. The molecule has 3 rings (SSSR count). The number of nitrogens with zero attached hydrogens (tertiary/aromatic N) is 1. The summed E-state index contributed by atoms with van der Waals surface area (Å²) in [6.07, 6.45) is 6.50. The van der Waals surface area contributed by atoms with Gasteiger partial charge in [0.05, 0.1) is 0 Å². The topological polar surface area (TPSA) is 3.24 Å². The molecule has 1 heterocycles. The molecule has 2 unspecified atom stereocenters. The number of likely N-dealkylation sites (tertiary alicyclic amines) is 1. The minimum atomic E-state index is 0.790. The summed E-state index contributed by atoms with van der Waals surface area (Å²) < 4.78 is 0. The van der Waals surface area contributed by atoms with Crippen LogP contribution in [0.1, 0.15) is 42.7 Å². The highest BCUT2D eigenvalue weighted by molar-refractivity contribution is 6.17. The first-order valence-corrected chi connectivity index (χ1v) is 7.80. The van der Waals surface area contributed by atoms with Gasteiger partial charge in [0.25, 0.3) is 0 Å². The van der Waals surface area contributed by atoms with Crippen molar-refractivity contribution in [2.24, 2.45) is 0 Å². The molecule has 0 saturated carbocycles. The molecule has 0 spiro atoms. The predicted octanol–water partition coefficient (Wildman–Crippen LogP) is 3.81. The minimum Gasteiger partial charge on any atom is -0.300 e. The van der Waals surface area contributed by atoms with Crippen LogP contribution >= 0.6 is 11.6 Å². The molecule has 0 bridgehead atoms. The number of fused-ring (bicyclic) bond motifs is 1. The number of halogens is 1. The van der Waals surface area contributed by atoms with Crippen molar-refractivity contribution in [2.75, 3.05) is 19.0 Å². The average Bonchev–Trinajstić information content (AvgIpc) is 2.81. The van der Waals surface area contributed by atoms with Crippen LogP contribution in [0.5, 0.6) is 0 Å². The Morgan fingerprint density at radius 3 is 3.00 bits per heavy atom. The summed E-state index contributed by atoms with van der Waals surface area (Å²) in [4.78, 5) is 2.72. The van der Waals surface area contributed by atoms with E-state index >= 15 is 0 Å². The Morgan fingerprint density at radius 2 is 2.17 bits per heavy atom. The summed E-state index contributed by atoms with van der Waals surface area (Å²) in [6, 6.07) is 9.74. The molecule has 1 aromatic carbocycles. The fourth-order valence-electron chi connectivity index (χ4n) is 3.58. The maximum absolute atomic E-state index is 5.82. The van der Waals surface area contributed by atoms with Gasteiger partial charge in [-0.3, -0.25) is 4.90 Å². The third-order valence-corrected chi connectivity index (χ3v) is 4.85. The molecule has 2 atom stereocenters. The third kappa shape index (κ3) is 2.44. The Hall–Kier alpha value is -0.530. The summed E-state index contributed by atoms with van der Waals surface area (Å²) in [5.41, 5.74) is 3.17. The van der Waals surface area contributed by atoms with E-state index in [0.29, 0.717) is 0 Å². The van der Waals surface area contributed by atoms with Crippen LogP contribution in [0.25, 0.3) is 0 Å². The zero-order valence-corrected chi connectivity index (χ0v) is 11.7. The molecule has 0 aromatic heterocycles. The van der Waals surface area contributed by atoms with Gasteiger partial charge in [0.1, 0.15) is 0 Å². The van der Waals surface area contributed by atoms with Crippen LogP contribution in [0.15, 0.2) is 24.3 Å². The highest BCUT2D eigenvalue weighted by Crippen LogP contribution is 2.37. The molecular formula is C16H22ClN. The summed E-state index contributed by atoms with van der Waals surface area (Å²) in [5.74, 6) is 1.61. The van der Waals surface area contributed by atoms with E-state index in [-0.39, 0.29) is 0 Å². The molecule has 1 saturated heterocycles. The summed E-state index contributed by atoms with van der Waals surface area (Å²) in [5, 5.41) is 0. The first kappa shape index (κ1) is 12.5. The van der Waals surface area contributed by atoms with Crippen molar-refractivity contribution in [3.63, 3.8) is 0 Å². The van der Waals surface area contributed by atoms with Crippen LogP contribution in [0.3, 0.4) is 0 Å². The summed E-state index contributed by atoms with van der Waals surface area (Å²) in [7, 11) is 0. The zero-order chi connectivity index (χ0) is 12.4. The standard InChI is InChI=1S/C16H22ClN/c17-9-3-6-15-7-4-10-18(15)12-14-11-13-5-1-2-8-16(13)14/h1-2,5,8,14-15H,3-4,6-7,9-12H2. The molecular weight excluding hydrogens is 242 g/mol. The first-order chi connectivity index (χ1) is 8.88. The second-order valence-electron chi connectivity index (χ2n) is 5.72. The van der Waals surface area contributed by atoms with Gasteiger partial charge in [-0.25, -0.2) is 0 Å². The van der Waals surface area contributed by atoms with Gasteiger partial charge in [0.15, 0.2) is 0 Å². The molecule has 98 valence electrons. The molecule has 1 aliphatic heterocycles. The fourth-order valence-corrected chi connectivity index (χ4v) is 3.74. The molecule has 1 aliphatic carbocycles. The number of hydrogen-bond donors (Lipinski definition) is 0. The van der Waals surface area contributed by atoms with Gasteiger partial charge in [-0.05, 0) is 49.8 Å². The van der Waals surface area contributed by atoms with Gasteiger partial charge in [0.2, 0.25) is 0 Å². The largest absolute Gasteiger partial charge is 0.300 e. The van der Waals surface area contributed by atoms with Crippen LogP contribution in [0, 0.1) is 0 Å². The van der Waals surface area contributed by atoms with E-state index < -0.39 is 0 Å². The highest BCUT2D eigenvalue weighted by Gasteiger charge is 2.31. The van der Waals surface area contributed by atoms with Crippen LogP contribution in [0.2, 0.25) is 0 Å². The highest BCUT2D eigenvalue weighted by atomic mass is 35.5. The lowest BCUT2D eigenvalue weighted by Gasteiger charge is -2.35. The van der Waals surface area contributed by atoms with Gasteiger partial charge in [-0.15, -0.1) is 11.6 Å². The fraction of sp³-hybridized carbons (Fsp3) is 0.625. The molecule has 2 aliphatic rings. The Labute approximate surface area is 115 Å². The van der Waals surface area contributed by atoms with Gasteiger partial charge in [-0.2, -0.15) is 0 Å². The second-order valence-corrected chi connectivity index (χ2v) is 6.10. The number of rotatable bonds is 5. The number of hydrogen-bond acceptors (Lipinski definition) is 1. The van der Waals surface area contributed by atoms with Crippen molar-refractivity contribution in [2.45, 2.75) is 44.1 Å². The lowest BCUT2D eigenvalue weighted by atomic mass is 9.77. The lowest BCUT2D eigenvalue weighted by Crippen LogP contribution is -2.36. The molecule has 0 N–H and O–H groups in total. The Balaban J connectivity index is 1.57. The van der Waals surface area contributed by atoms with Crippen molar-refractivity contribution < 1.29 is 0 Å². The van der Waals surface area contributed by atoms with Gasteiger partial charge in [-0.1, -0.05) is 24.3 Å². The molecule has 1 nitrogen and oxygen atoms in total. The third-order valence-electron chi connectivity index (χ3n) is 4.59. The smallest absolute Gasteiger partial charge is 0.0224 e. The summed E-state index contributed by atoms with van der Waals surface area (Å²) >= 11 is 5.82. The lowest BCUT2D eigenvalue weighted by molar-refractivity contribution is 0.220. The zero-order valence-electron chi connectivity index (χ0n) is 10.9. The maximum atomic E-state index is 5.82. The van der Waals surface area contributed by atoms with Gasteiger partial charge < -0.3 is 0 Å². The van der Waals surface area contributed by atoms with E-state index in [1.54, 1.807) is 11.1 Å². The van der Waals surface area contributed by atoms with E-state index in [0.717, 1.165) is 17.8 Å². The van der Waals surface area contributed by atoms with Crippen molar-refractivity contribution >= 4 is 11.6 Å². The monoisotopic (exact) mass is 263 g/mol. The molecule has 0 radical (unpaired) electrons. The Kier molecular flexibility index (Phi) is 3.91. The van der Waals surface area contributed by atoms with Crippen molar-refractivity contribution in [3.05, 3.63) is 35.4 Å². The normalized spacial score (nSPS) is 26.9. The minimum absolute atomic E-state index is 0.790. The van der Waals surface area contributed by atoms with Crippen LogP contribution < -0.4 is 0 Å². The van der Waals surface area contributed by atoms with Gasteiger partial charge in [0, 0.05) is 24.4 Å². The summed E-state index contributed by atoms with van der Waals surface area (Å²) in [6.45, 7) is 2.57. The Bertz CT molecular complexity index is 404. The van der Waals surface area contributed by atoms with E-state index in [2.05, 4.69) is 29.2 Å². The van der Waals surface area contributed by atoms with E-state index in [1.807, 2.05) is 0 Å². The van der Waals surface area contributed by atoms with Crippen LogP contribution in [-0.2, 0) is 6.42 Å². The van der Waals surface area contributed by atoms with E-state index in [1.165, 1.54) is 45.2 Å². The second kappa shape index (κ2) is 5.63. The molecule has 1 aromatic rings. The van der Waals surface area contributed by atoms with Gasteiger partial charge >= 0.3 is 0 Å². The quantitative estimate of drug-likeness (QED) is 0.731. The van der Waals surface area contributed by atoms with E-state index in [9.17, 15) is 0 Å². The molecule has 18 heavy (non-hydrogen) atoms. The van der Waals surface area contributed by atoms with Crippen molar-refractivity contribution in [1.29, 1.82) is 0 Å². The van der Waals surface area contributed by atoms with Crippen LogP contribution in [0.4, 0.5) is 0 Å². The van der Waals surface area contributed by atoms with Crippen molar-refractivity contribution in [1.82, 2.24) is 4.90 Å². The average molecular weight is 264 g/mol. The Morgan fingerprint density at radius 1 is 1.28 bits per heavy atom. The van der Waals surface area contributed by atoms with Crippen molar-refractivity contribution in [3.8, 4) is 0 Å². The number of alkyl halides is 1. The molecule has 2 heteroatoms. The van der Waals surface area contributed by atoms with E-state index in [4.69, 9.17) is 11.6 Å². The first-order valence-electron chi connectivity index (χ1n) is 7.26. The van der Waals surface area contributed by atoms with Crippen LogP contribution in [-0.4, -0.2) is 29.9 Å². The predicted molar refractivity (Wildman–Crippen MR) is 77.4 cm³/mol. The molecule has 0 amide bonds. The maximum Gasteiger partial charge on any atom is 0.0224 e. The molecule has 1 fully saturated rings. The SMILES string of the molecule is ClCCCC1CCCN1CC1Cc2ccccc21.